The van der Waals surface area contributed by atoms with Gasteiger partial charge in [0.2, 0.25) is 0 Å². The van der Waals surface area contributed by atoms with Crippen LogP contribution in [0, 0.1) is 0 Å². The lowest BCUT2D eigenvalue weighted by Crippen LogP contribution is -2.40. The molecular formula is C18H23F3N6O3. The predicted molar refractivity (Wildman–Crippen MR) is 98.4 cm³/mol. The number of piperidine rings is 1. The van der Waals surface area contributed by atoms with Gasteiger partial charge in [-0.25, -0.2) is 9.48 Å². The van der Waals surface area contributed by atoms with Crippen LogP contribution in [-0.2, 0) is 17.8 Å². The minimum absolute atomic E-state index is 0.0611. The van der Waals surface area contributed by atoms with Crippen LogP contribution in [0.15, 0.2) is 24.3 Å². The molecule has 2 heterocycles. The molecule has 0 unspecified atom stereocenters. The number of benzene rings is 1. The van der Waals surface area contributed by atoms with Crippen LogP contribution in [0.4, 0.5) is 18.0 Å². The Morgan fingerprint density at radius 1 is 1.27 bits per heavy atom. The smallest absolute Gasteiger partial charge is 0.450 e. The summed E-state index contributed by atoms with van der Waals surface area (Å²) in [5.41, 5.74) is 0.638. The SMILES string of the molecule is CCOC(=O)N1CCC(n2nnnc2CNCc2cccc(OC(F)(F)F)c2)CC1. The molecule has 1 aromatic carbocycles. The van der Waals surface area contributed by atoms with Gasteiger partial charge in [-0.05, 0) is 47.9 Å². The van der Waals surface area contributed by atoms with E-state index in [9.17, 15) is 18.0 Å². The lowest BCUT2D eigenvalue weighted by Gasteiger charge is -2.31. The van der Waals surface area contributed by atoms with Gasteiger partial charge in [0.15, 0.2) is 5.82 Å². The van der Waals surface area contributed by atoms with Crippen LogP contribution in [0.25, 0.3) is 0 Å². The van der Waals surface area contributed by atoms with E-state index in [1.165, 1.54) is 18.2 Å². The summed E-state index contributed by atoms with van der Waals surface area (Å²) in [7, 11) is 0. The Labute approximate surface area is 171 Å². The van der Waals surface area contributed by atoms with E-state index in [4.69, 9.17) is 4.74 Å². The molecule has 1 aliphatic rings. The van der Waals surface area contributed by atoms with Crippen LogP contribution >= 0.6 is 0 Å². The Bertz CT molecular complexity index is 837. The van der Waals surface area contributed by atoms with Gasteiger partial charge in [-0.3, -0.25) is 0 Å². The van der Waals surface area contributed by atoms with E-state index in [-0.39, 0.29) is 17.9 Å². The molecule has 30 heavy (non-hydrogen) atoms. The molecule has 1 fully saturated rings. The topological polar surface area (TPSA) is 94.4 Å². The average Bonchev–Trinajstić information content (AvgIpc) is 3.16. The fraction of sp³-hybridized carbons (Fsp3) is 0.556. The highest BCUT2D eigenvalue weighted by atomic mass is 19.4. The van der Waals surface area contributed by atoms with Crippen LogP contribution in [-0.4, -0.2) is 57.3 Å². The van der Waals surface area contributed by atoms with E-state index in [0.717, 1.165) is 0 Å². The normalized spacial score (nSPS) is 15.3. The van der Waals surface area contributed by atoms with Crippen molar-refractivity contribution in [1.29, 1.82) is 0 Å². The molecule has 1 aliphatic heterocycles. The van der Waals surface area contributed by atoms with Gasteiger partial charge < -0.3 is 19.7 Å². The molecule has 1 amide bonds. The summed E-state index contributed by atoms with van der Waals surface area (Å²) >= 11 is 0. The molecule has 0 aliphatic carbocycles. The minimum Gasteiger partial charge on any atom is -0.450 e. The summed E-state index contributed by atoms with van der Waals surface area (Å²) in [6.45, 7) is 3.89. The van der Waals surface area contributed by atoms with Gasteiger partial charge in [0.1, 0.15) is 5.75 Å². The lowest BCUT2D eigenvalue weighted by atomic mass is 10.1. The largest absolute Gasteiger partial charge is 0.573 e. The zero-order chi connectivity index (χ0) is 21.6. The zero-order valence-corrected chi connectivity index (χ0v) is 16.4. The standard InChI is InChI=1S/C18H23F3N6O3/c1-2-29-17(28)26-8-6-14(7-9-26)27-16(23-24-25-27)12-22-11-13-4-3-5-15(10-13)30-18(19,20)21/h3-5,10,14,22H,2,6-9,11-12H2,1H3. The molecule has 0 radical (unpaired) electrons. The Morgan fingerprint density at radius 3 is 2.73 bits per heavy atom. The highest BCUT2D eigenvalue weighted by Gasteiger charge is 2.31. The average molecular weight is 428 g/mol. The number of alkyl halides is 3. The summed E-state index contributed by atoms with van der Waals surface area (Å²) in [4.78, 5) is 13.5. The van der Waals surface area contributed by atoms with Crippen molar-refractivity contribution in [3.63, 3.8) is 0 Å². The molecule has 0 saturated carbocycles. The molecule has 9 nitrogen and oxygen atoms in total. The molecule has 0 spiro atoms. The van der Waals surface area contributed by atoms with E-state index in [1.54, 1.807) is 22.6 Å². The Kier molecular flexibility index (Phi) is 7.08. The van der Waals surface area contributed by atoms with Gasteiger partial charge in [0.25, 0.3) is 0 Å². The van der Waals surface area contributed by atoms with Gasteiger partial charge in [-0.15, -0.1) is 18.3 Å². The minimum atomic E-state index is -4.73. The summed E-state index contributed by atoms with van der Waals surface area (Å²) in [6, 6.07) is 5.84. The van der Waals surface area contributed by atoms with Crippen molar-refractivity contribution in [2.24, 2.45) is 0 Å². The van der Waals surface area contributed by atoms with E-state index in [2.05, 4.69) is 25.6 Å². The first-order chi connectivity index (χ1) is 14.4. The molecule has 2 aromatic rings. The van der Waals surface area contributed by atoms with Crippen molar-refractivity contribution in [3.05, 3.63) is 35.7 Å². The van der Waals surface area contributed by atoms with E-state index in [0.29, 0.717) is 57.0 Å². The van der Waals surface area contributed by atoms with E-state index >= 15 is 0 Å². The Morgan fingerprint density at radius 2 is 2.03 bits per heavy atom. The second-order valence-corrected chi connectivity index (χ2v) is 6.76. The maximum absolute atomic E-state index is 12.3. The van der Waals surface area contributed by atoms with Crippen molar-refractivity contribution in [2.75, 3.05) is 19.7 Å². The van der Waals surface area contributed by atoms with Gasteiger partial charge in [-0.1, -0.05) is 12.1 Å². The number of nitrogens with zero attached hydrogens (tertiary/aromatic N) is 5. The molecular weight excluding hydrogens is 405 g/mol. The van der Waals surface area contributed by atoms with Crippen molar-refractivity contribution >= 4 is 6.09 Å². The molecule has 0 bridgehead atoms. The first-order valence-electron chi connectivity index (χ1n) is 9.59. The van der Waals surface area contributed by atoms with Crippen molar-refractivity contribution in [2.45, 2.75) is 45.3 Å². The first-order valence-corrected chi connectivity index (χ1v) is 9.59. The molecule has 3 rings (SSSR count). The maximum Gasteiger partial charge on any atom is 0.573 e. The quantitative estimate of drug-likeness (QED) is 0.725. The van der Waals surface area contributed by atoms with Crippen LogP contribution in [0.1, 0.15) is 37.2 Å². The highest BCUT2D eigenvalue weighted by molar-refractivity contribution is 5.67. The van der Waals surface area contributed by atoms with E-state index < -0.39 is 6.36 Å². The number of nitrogens with one attached hydrogen (secondary N) is 1. The third-order valence-corrected chi connectivity index (χ3v) is 4.64. The number of hydrogen-bond acceptors (Lipinski definition) is 7. The number of ether oxygens (including phenoxy) is 2. The maximum atomic E-state index is 12.3. The number of carbonyl (C=O) groups is 1. The highest BCUT2D eigenvalue weighted by Crippen LogP contribution is 2.24. The molecule has 12 heteroatoms. The van der Waals surface area contributed by atoms with Gasteiger partial charge in [0.05, 0.1) is 19.2 Å². The van der Waals surface area contributed by atoms with Gasteiger partial charge in [0, 0.05) is 19.6 Å². The Balaban J connectivity index is 1.51. The first kappa shape index (κ1) is 21.8. The number of halogens is 3. The molecule has 1 N–H and O–H groups in total. The second kappa shape index (κ2) is 9.74. The lowest BCUT2D eigenvalue weighted by molar-refractivity contribution is -0.274. The van der Waals surface area contributed by atoms with E-state index in [1.807, 2.05) is 0 Å². The number of aromatic nitrogens is 4. The third-order valence-electron chi connectivity index (χ3n) is 4.64. The van der Waals surface area contributed by atoms with Gasteiger partial charge in [-0.2, -0.15) is 0 Å². The number of tetrazole rings is 1. The fourth-order valence-electron chi connectivity index (χ4n) is 3.29. The third kappa shape index (κ3) is 6.05. The fourth-order valence-corrected chi connectivity index (χ4v) is 3.29. The number of carbonyl (C=O) groups excluding carboxylic acids is 1. The van der Waals surface area contributed by atoms with Crippen molar-refractivity contribution in [1.82, 2.24) is 30.4 Å². The zero-order valence-electron chi connectivity index (χ0n) is 16.4. The van der Waals surface area contributed by atoms with Crippen LogP contribution in [0.3, 0.4) is 0 Å². The van der Waals surface area contributed by atoms with Crippen LogP contribution in [0.5, 0.6) is 5.75 Å². The van der Waals surface area contributed by atoms with Crippen LogP contribution in [0.2, 0.25) is 0 Å². The second-order valence-electron chi connectivity index (χ2n) is 6.76. The van der Waals surface area contributed by atoms with Gasteiger partial charge >= 0.3 is 12.5 Å². The summed E-state index contributed by atoms with van der Waals surface area (Å²) < 4.78 is 47.7. The molecule has 1 saturated heterocycles. The predicted octanol–water partition coefficient (Wildman–Crippen LogP) is 2.65. The number of amides is 1. The monoisotopic (exact) mass is 428 g/mol. The molecule has 0 atom stereocenters. The number of hydrogen-bond donors (Lipinski definition) is 1. The summed E-state index contributed by atoms with van der Waals surface area (Å²) in [6.07, 6.45) is -3.63. The Hall–Kier alpha value is -2.89. The molecule has 164 valence electrons. The van der Waals surface area contributed by atoms with Crippen LogP contribution < -0.4 is 10.1 Å². The molecule has 1 aromatic heterocycles. The van der Waals surface area contributed by atoms with Crippen molar-refractivity contribution < 1.29 is 27.4 Å². The van der Waals surface area contributed by atoms with Crippen molar-refractivity contribution in [3.8, 4) is 5.75 Å². The number of likely N-dealkylation sites (tertiary alicyclic amines) is 1. The number of rotatable bonds is 7. The summed E-state index contributed by atoms with van der Waals surface area (Å²) in [5, 5.41) is 15.0. The summed E-state index contributed by atoms with van der Waals surface area (Å²) in [5.74, 6) is 0.354.